The SMILES string of the molecule is CCc1cn2cc(Cl)ccc2n1. The van der Waals surface area contributed by atoms with Crippen LogP contribution < -0.4 is 0 Å². The summed E-state index contributed by atoms with van der Waals surface area (Å²) < 4.78 is 1.95. The van der Waals surface area contributed by atoms with E-state index >= 15 is 0 Å². The van der Waals surface area contributed by atoms with Gasteiger partial charge in [-0.25, -0.2) is 4.98 Å². The van der Waals surface area contributed by atoms with Gasteiger partial charge in [0, 0.05) is 12.4 Å². The highest BCUT2D eigenvalue weighted by atomic mass is 35.5. The molecule has 2 rings (SSSR count). The summed E-state index contributed by atoms with van der Waals surface area (Å²) in [5, 5.41) is 0.738. The molecular formula is C9H9ClN2. The van der Waals surface area contributed by atoms with Gasteiger partial charge in [-0.15, -0.1) is 0 Å². The average molecular weight is 181 g/mol. The van der Waals surface area contributed by atoms with Crippen LogP contribution in [0, 0.1) is 0 Å². The molecule has 0 saturated heterocycles. The van der Waals surface area contributed by atoms with Gasteiger partial charge in [0.1, 0.15) is 5.65 Å². The van der Waals surface area contributed by atoms with Crippen molar-refractivity contribution in [1.29, 1.82) is 0 Å². The van der Waals surface area contributed by atoms with Crippen LogP contribution in [-0.4, -0.2) is 9.38 Å². The third kappa shape index (κ3) is 1.18. The number of aryl methyl sites for hydroxylation is 1. The van der Waals surface area contributed by atoms with Crippen LogP contribution in [0.1, 0.15) is 12.6 Å². The third-order valence-corrected chi connectivity index (χ3v) is 2.05. The number of aromatic nitrogens is 2. The van der Waals surface area contributed by atoms with E-state index in [1.165, 1.54) is 0 Å². The molecule has 3 heteroatoms. The highest BCUT2D eigenvalue weighted by molar-refractivity contribution is 6.30. The van der Waals surface area contributed by atoms with E-state index in [0.717, 1.165) is 22.8 Å². The number of nitrogens with zero attached hydrogens (tertiary/aromatic N) is 2. The molecule has 0 aliphatic rings. The lowest BCUT2D eigenvalue weighted by Crippen LogP contribution is -1.79. The van der Waals surface area contributed by atoms with E-state index in [1.807, 2.05) is 28.9 Å². The van der Waals surface area contributed by atoms with E-state index in [0.29, 0.717) is 0 Å². The van der Waals surface area contributed by atoms with E-state index in [-0.39, 0.29) is 0 Å². The molecule has 2 nitrogen and oxygen atoms in total. The molecule has 0 unspecified atom stereocenters. The molecule has 0 saturated carbocycles. The van der Waals surface area contributed by atoms with Crippen LogP contribution in [0.25, 0.3) is 5.65 Å². The van der Waals surface area contributed by atoms with Crippen LogP contribution in [0.15, 0.2) is 24.5 Å². The lowest BCUT2D eigenvalue weighted by Gasteiger charge is -1.91. The molecule has 0 aliphatic carbocycles. The first-order chi connectivity index (χ1) is 5.79. The summed E-state index contributed by atoms with van der Waals surface area (Å²) in [5.41, 5.74) is 2.05. The largest absolute Gasteiger partial charge is 0.305 e. The van der Waals surface area contributed by atoms with Crippen molar-refractivity contribution in [3.05, 3.63) is 35.2 Å². The van der Waals surface area contributed by atoms with E-state index in [9.17, 15) is 0 Å². The lowest BCUT2D eigenvalue weighted by atomic mass is 10.4. The summed E-state index contributed by atoms with van der Waals surface area (Å²) in [6.07, 6.45) is 4.82. The molecule has 0 spiro atoms. The smallest absolute Gasteiger partial charge is 0.137 e. The Morgan fingerprint density at radius 2 is 2.25 bits per heavy atom. The van der Waals surface area contributed by atoms with Crippen LogP contribution >= 0.6 is 11.6 Å². The second-order valence-electron chi connectivity index (χ2n) is 2.70. The summed E-state index contributed by atoms with van der Waals surface area (Å²) in [6.45, 7) is 2.09. The van der Waals surface area contributed by atoms with Crippen molar-refractivity contribution in [2.45, 2.75) is 13.3 Å². The van der Waals surface area contributed by atoms with Crippen LogP contribution in [0.5, 0.6) is 0 Å². The predicted molar refractivity (Wildman–Crippen MR) is 49.6 cm³/mol. The topological polar surface area (TPSA) is 17.3 Å². The average Bonchev–Trinajstić information content (AvgIpc) is 2.46. The fourth-order valence-corrected chi connectivity index (χ4v) is 1.36. The van der Waals surface area contributed by atoms with Gasteiger partial charge in [0.25, 0.3) is 0 Å². The zero-order valence-corrected chi connectivity index (χ0v) is 7.54. The number of hydrogen-bond donors (Lipinski definition) is 0. The minimum absolute atomic E-state index is 0.738. The van der Waals surface area contributed by atoms with E-state index < -0.39 is 0 Å². The van der Waals surface area contributed by atoms with Gasteiger partial charge in [0.05, 0.1) is 10.7 Å². The predicted octanol–water partition coefficient (Wildman–Crippen LogP) is 2.55. The normalized spacial score (nSPS) is 10.8. The summed E-state index contributed by atoms with van der Waals surface area (Å²) in [6, 6.07) is 3.77. The van der Waals surface area contributed by atoms with Gasteiger partial charge in [-0.2, -0.15) is 0 Å². The molecule has 2 aromatic heterocycles. The summed E-state index contributed by atoms with van der Waals surface area (Å²) in [5.74, 6) is 0. The lowest BCUT2D eigenvalue weighted by molar-refractivity contribution is 1.07. The zero-order valence-electron chi connectivity index (χ0n) is 6.79. The van der Waals surface area contributed by atoms with Gasteiger partial charge in [0.2, 0.25) is 0 Å². The number of fused-ring (bicyclic) bond motifs is 1. The third-order valence-electron chi connectivity index (χ3n) is 1.83. The molecule has 0 aromatic carbocycles. The Morgan fingerprint density at radius 1 is 1.42 bits per heavy atom. The van der Waals surface area contributed by atoms with Crippen molar-refractivity contribution in [2.75, 3.05) is 0 Å². The second kappa shape index (κ2) is 2.79. The van der Waals surface area contributed by atoms with E-state index in [2.05, 4.69) is 11.9 Å². The fourth-order valence-electron chi connectivity index (χ4n) is 1.19. The minimum Gasteiger partial charge on any atom is -0.305 e. The van der Waals surface area contributed by atoms with Gasteiger partial charge >= 0.3 is 0 Å². The number of rotatable bonds is 1. The first kappa shape index (κ1) is 7.62. The number of hydrogen-bond acceptors (Lipinski definition) is 1. The Hall–Kier alpha value is -1.02. The molecule has 0 atom stereocenters. The highest BCUT2D eigenvalue weighted by Crippen LogP contribution is 2.11. The first-order valence-electron chi connectivity index (χ1n) is 3.92. The van der Waals surface area contributed by atoms with Crippen molar-refractivity contribution in [3.8, 4) is 0 Å². The fraction of sp³-hybridized carbons (Fsp3) is 0.222. The standard InChI is InChI=1S/C9H9ClN2/c1-2-8-6-12-5-7(10)3-4-9(12)11-8/h3-6H,2H2,1H3. The Balaban J connectivity index is 2.67. The highest BCUT2D eigenvalue weighted by Gasteiger charge is 1.98. The van der Waals surface area contributed by atoms with Crippen molar-refractivity contribution in [3.63, 3.8) is 0 Å². The molecule has 0 radical (unpaired) electrons. The van der Waals surface area contributed by atoms with Crippen LogP contribution in [0.3, 0.4) is 0 Å². The summed E-state index contributed by atoms with van der Waals surface area (Å²) in [4.78, 5) is 4.38. The maximum absolute atomic E-state index is 5.82. The van der Waals surface area contributed by atoms with Gasteiger partial charge in [0.15, 0.2) is 0 Å². The van der Waals surface area contributed by atoms with E-state index in [4.69, 9.17) is 11.6 Å². The van der Waals surface area contributed by atoms with E-state index in [1.54, 1.807) is 0 Å². The maximum atomic E-state index is 5.82. The molecule has 0 aliphatic heterocycles. The quantitative estimate of drug-likeness (QED) is 0.660. The van der Waals surface area contributed by atoms with Crippen molar-refractivity contribution < 1.29 is 0 Å². The van der Waals surface area contributed by atoms with Gasteiger partial charge < -0.3 is 4.40 Å². The Morgan fingerprint density at radius 3 is 3.00 bits per heavy atom. The Labute approximate surface area is 75.8 Å². The van der Waals surface area contributed by atoms with Crippen molar-refractivity contribution in [2.24, 2.45) is 0 Å². The minimum atomic E-state index is 0.738. The van der Waals surface area contributed by atoms with Gasteiger partial charge in [-0.05, 0) is 18.6 Å². The van der Waals surface area contributed by atoms with Crippen LogP contribution in [0.2, 0.25) is 5.02 Å². The molecule has 0 N–H and O–H groups in total. The zero-order chi connectivity index (χ0) is 8.55. The molecule has 0 amide bonds. The monoisotopic (exact) mass is 180 g/mol. The molecule has 12 heavy (non-hydrogen) atoms. The molecule has 0 bridgehead atoms. The molecule has 62 valence electrons. The number of pyridine rings is 1. The summed E-state index contributed by atoms with van der Waals surface area (Å²) >= 11 is 5.82. The number of halogens is 1. The van der Waals surface area contributed by atoms with Crippen molar-refractivity contribution >= 4 is 17.2 Å². The van der Waals surface area contributed by atoms with Gasteiger partial charge in [-0.3, -0.25) is 0 Å². The Bertz CT molecular complexity index is 406. The molecule has 2 aromatic rings. The second-order valence-corrected chi connectivity index (χ2v) is 3.14. The van der Waals surface area contributed by atoms with Crippen LogP contribution in [-0.2, 0) is 6.42 Å². The Kier molecular flexibility index (Phi) is 1.77. The summed E-state index contributed by atoms with van der Waals surface area (Å²) in [7, 11) is 0. The molecule has 0 fully saturated rings. The molecule has 2 heterocycles. The van der Waals surface area contributed by atoms with Crippen LogP contribution in [0.4, 0.5) is 0 Å². The molecular weight excluding hydrogens is 172 g/mol. The first-order valence-corrected chi connectivity index (χ1v) is 4.30. The van der Waals surface area contributed by atoms with Crippen molar-refractivity contribution in [1.82, 2.24) is 9.38 Å². The maximum Gasteiger partial charge on any atom is 0.137 e. The number of imidazole rings is 1. The van der Waals surface area contributed by atoms with Gasteiger partial charge in [-0.1, -0.05) is 18.5 Å².